The van der Waals surface area contributed by atoms with Gasteiger partial charge in [0.15, 0.2) is 5.82 Å². The molecule has 3 nitrogen and oxygen atoms in total. The van der Waals surface area contributed by atoms with Crippen LogP contribution in [0.1, 0.15) is 34.8 Å². The predicted molar refractivity (Wildman–Crippen MR) is 91.6 cm³/mol. The van der Waals surface area contributed by atoms with Crippen molar-refractivity contribution in [2.75, 3.05) is 0 Å². The highest BCUT2D eigenvalue weighted by atomic mass is 32.2. The van der Waals surface area contributed by atoms with Gasteiger partial charge in [0, 0.05) is 11.3 Å². The molecule has 0 N–H and O–H groups in total. The summed E-state index contributed by atoms with van der Waals surface area (Å²) in [6, 6.07) is 17.0. The van der Waals surface area contributed by atoms with Gasteiger partial charge in [0.25, 0.3) is 0 Å². The molecule has 0 amide bonds. The molecule has 0 saturated carbocycles. The zero-order chi connectivity index (χ0) is 15.5. The van der Waals surface area contributed by atoms with Crippen LogP contribution in [0.4, 0.5) is 0 Å². The van der Waals surface area contributed by atoms with E-state index in [1.165, 1.54) is 40.8 Å². The second kappa shape index (κ2) is 6.59. The average molecular weight is 322 g/mol. The fourth-order valence-corrected chi connectivity index (χ4v) is 3.78. The van der Waals surface area contributed by atoms with E-state index in [4.69, 9.17) is 4.52 Å². The minimum atomic E-state index is 0.696. The zero-order valence-electron chi connectivity index (χ0n) is 12.9. The number of rotatable bonds is 5. The van der Waals surface area contributed by atoms with Gasteiger partial charge in [-0.1, -0.05) is 41.6 Å². The fraction of sp³-hybridized carbons (Fsp3) is 0.263. The predicted octanol–water partition coefficient (Wildman–Crippen LogP) is 4.44. The van der Waals surface area contributed by atoms with E-state index in [1.54, 1.807) is 11.8 Å². The van der Waals surface area contributed by atoms with E-state index in [1.807, 2.05) is 18.2 Å². The molecule has 0 atom stereocenters. The maximum absolute atomic E-state index is 5.37. The molecular formula is C19H18N2OS. The van der Waals surface area contributed by atoms with E-state index in [-0.39, 0.29) is 0 Å². The lowest BCUT2D eigenvalue weighted by atomic mass is 10.1. The number of aromatic nitrogens is 2. The molecule has 0 radical (unpaired) electrons. The summed E-state index contributed by atoms with van der Waals surface area (Å²) in [5.41, 5.74) is 4.22. The van der Waals surface area contributed by atoms with E-state index in [0.29, 0.717) is 12.3 Å². The van der Waals surface area contributed by atoms with Gasteiger partial charge in [0.05, 0.1) is 5.75 Å². The number of hydrogen-bond acceptors (Lipinski definition) is 4. The van der Waals surface area contributed by atoms with Crippen LogP contribution in [-0.2, 0) is 25.0 Å². The Hall–Kier alpha value is -2.07. The van der Waals surface area contributed by atoms with Gasteiger partial charge in [-0.2, -0.15) is 4.98 Å². The first-order valence-corrected chi connectivity index (χ1v) is 8.95. The molecule has 4 rings (SSSR count). The molecule has 0 bridgehead atoms. The summed E-state index contributed by atoms with van der Waals surface area (Å²) >= 11 is 1.76. The molecule has 0 fully saturated rings. The highest BCUT2D eigenvalue weighted by molar-refractivity contribution is 7.98. The zero-order valence-corrected chi connectivity index (χ0v) is 13.7. The highest BCUT2D eigenvalue weighted by Crippen LogP contribution is 2.29. The number of benzene rings is 2. The maximum atomic E-state index is 5.37. The van der Waals surface area contributed by atoms with Crippen LogP contribution >= 0.6 is 11.8 Å². The van der Waals surface area contributed by atoms with Crippen molar-refractivity contribution in [2.24, 2.45) is 0 Å². The summed E-state index contributed by atoms with van der Waals surface area (Å²) in [7, 11) is 0. The number of hydrogen-bond donors (Lipinski definition) is 0. The van der Waals surface area contributed by atoms with Crippen molar-refractivity contribution in [1.29, 1.82) is 0 Å². The SMILES string of the molecule is c1ccc(Cc2noc(CSc3ccc4c(c3)CCC4)n2)cc1. The highest BCUT2D eigenvalue weighted by Gasteiger charge is 2.12. The van der Waals surface area contributed by atoms with E-state index in [0.717, 1.165) is 11.6 Å². The molecule has 0 spiro atoms. The third kappa shape index (κ3) is 3.48. The third-order valence-electron chi connectivity index (χ3n) is 4.15. The molecular weight excluding hydrogens is 304 g/mol. The Morgan fingerprint density at radius 1 is 1.00 bits per heavy atom. The van der Waals surface area contributed by atoms with Gasteiger partial charge >= 0.3 is 0 Å². The molecule has 1 aromatic heterocycles. The van der Waals surface area contributed by atoms with Crippen LogP contribution in [0, 0.1) is 0 Å². The lowest BCUT2D eigenvalue weighted by Gasteiger charge is -2.02. The van der Waals surface area contributed by atoms with Gasteiger partial charge < -0.3 is 4.52 Å². The van der Waals surface area contributed by atoms with E-state index in [9.17, 15) is 0 Å². The summed E-state index contributed by atoms with van der Waals surface area (Å²) in [5.74, 6) is 2.17. The van der Waals surface area contributed by atoms with Crippen LogP contribution in [0.25, 0.3) is 0 Å². The standard InChI is InChI=1S/C19H18N2OS/c1-2-5-14(6-3-1)11-18-20-19(22-21-18)13-23-17-10-9-15-7-4-8-16(15)12-17/h1-3,5-6,9-10,12H,4,7-8,11,13H2. The number of nitrogens with zero attached hydrogens (tertiary/aromatic N) is 2. The first-order valence-electron chi connectivity index (χ1n) is 7.97. The Morgan fingerprint density at radius 2 is 1.87 bits per heavy atom. The van der Waals surface area contributed by atoms with Crippen LogP contribution in [-0.4, -0.2) is 10.1 Å². The first-order chi connectivity index (χ1) is 11.4. The molecule has 4 heteroatoms. The molecule has 2 aromatic carbocycles. The molecule has 1 heterocycles. The molecule has 0 unspecified atom stereocenters. The fourth-order valence-electron chi connectivity index (χ4n) is 2.98. The Kier molecular flexibility index (Phi) is 4.16. The van der Waals surface area contributed by atoms with Crippen LogP contribution in [0.2, 0.25) is 0 Å². The van der Waals surface area contributed by atoms with Crippen molar-refractivity contribution in [3.05, 3.63) is 76.9 Å². The summed E-state index contributed by atoms with van der Waals surface area (Å²) in [5, 5.41) is 4.08. The molecule has 1 aliphatic carbocycles. The van der Waals surface area contributed by atoms with Gasteiger partial charge in [-0.05, 0) is 48.1 Å². The van der Waals surface area contributed by atoms with Crippen molar-refractivity contribution >= 4 is 11.8 Å². The summed E-state index contributed by atoms with van der Waals surface area (Å²) in [6.45, 7) is 0. The molecule has 3 aromatic rings. The molecule has 116 valence electrons. The van der Waals surface area contributed by atoms with E-state index >= 15 is 0 Å². The van der Waals surface area contributed by atoms with Crippen LogP contribution in [0.15, 0.2) is 57.9 Å². The van der Waals surface area contributed by atoms with Gasteiger partial charge in [0.1, 0.15) is 0 Å². The van der Waals surface area contributed by atoms with Crippen molar-refractivity contribution in [3.8, 4) is 0 Å². The molecule has 23 heavy (non-hydrogen) atoms. The van der Waals surface area contributed by atoms with Gasteiger partial charge in [-0.3, -0.25) is 0 Å². The lowest BCUT2D eigenvalue weighted by Crippen LogP contribution is -1.90. The first kappa shape index (κ1) is 14.5. The van der Waals surface area contributed by atoms with Crippen LogP contribution < -0.4 is 0 Å². The van der Waals surface area contributed by atoms with Gasteiger partial charge in [0.2, 0.25) is 5.89 Å². The van der Waals surface area contributed by atoms with Crippen LogP contribution in [0.3, 0.4) is 0 Å². The largest absolute Gasteiger partial charge is 0.338 e. The van der Waals surface area contributed by atoms with E-state index in [2.05, 4.69) is 40.5 Å². The Morgan fingerprint density at radius 3 is 2.78 bits per heavy atom. The smallest absolute Gasteiger partial charge is 0.237 e. The van der Waals surface area contributed by atoms with E-state index < -0.39 is 0 Å². The Balaban J connectivity index is 1.38. The lowest BCUT2D eigenvalue weighted by molar-refractivity contribution is 0.386. The minimum absolute atomic E-state index is 0.696. The van der Waals surface area contributed by atoms with Crippen molar-refractivity contribution in [1.82, 2.24) is 10.1 Å². The second-order valence-electron chi connectivity index (χ2n) is 5.84. The van der Waals surface area contributed by atoms with Crippen molar-refractivity contribution in [3.63, 3.8) is 0 Å². The average Bonchev–Trinajstić information content (AvgIpc) is 3.22. The second-order valence-corrected chi connectivity index (χ2v) is 6.89. The summed E-state index contributed by atoms with van der Waals surface area (Å²) in [4.78, 5) is 5.78. The quantitative estimate of drug-likeness (QED) is 0.651. The number of aryl methyl sites for hydroxylation is 2. The van der Waals surface area contributed by atoms with Crippen molar-refractivity contribution < 1.29 is 4.52 Å². The minimum Gasteiger partial charge on any atom is -0.338 e. The van der Waals surface area contributed by atoms with Crippen molar-refractivity contribution in [2.45, 2.75) is 36.3 Å². The Bertz CT molecular complexity index is 798. The molecule has 0 aliphatic heterocycles. The van der Waals surface area contributed by atoms with Gasteiger partial charge in [-0.25, -0.2) is 0 Å². The third-order valence-corrected chi connectivity index (χ3v) is 5.13. The number of thioether (sulfide) groups is 1. The summed E-state index contributed by atoms with van der Waals surface area (Å²) in [6.07, 6.45) is 4.45. The van der Waals surface area contributed by atoms with Gasteiger partial charge in [-0.15, -0.1) is 11.8 Å². The molecule has 0 saturated heterocycles. The topological polar surface area (TPSA) is 38.9 Å². The maximum Gasteiger partial charge on any atom is 0.237 e. The molecule has 1 aliphatic rings. The number of fused-ring (bicyclic) bond motifs is 1. The Labute approximate surface area is 140 Å². The normalized spacial score (nSPS) is 13.2. The summed E-state index contributed by atoms with van der Waals surface area (Å²) < 4.78 is 5.37. The monoisotopic (exact) mass is 322 g/mol. The van der Waals surface area contributed by atoms with Crippen LogP contribution in [0.5, 0.6) is 0 Å².